The van der Waals surface area contributed by atoms with E-state index in [1.54, 1.807) is 5.57 Å². The van der Waals surface area contributed by atoms with Gasteiger partial charge < -0.3 is 0 Å². The van der Waals surface area contributed by atoms with Crippen molar-refractivity contribution in [1.29, 1.82) is 0 Å². The van der Waals surface area contributed by atoms with Crippen LogP contribution in [0.15, 0.2) is 11.6 Å². The van der Waals surface area contributed by atoms with Gasteiger partial charge in [-0.2, -0.15) is 0 Å². The predicted octanol–water partition coefficient (Wildman–Crippen LogP) is 4.56. The van der Waals surface area contributed by atoms with Gasteiger partial charge in [-0.3, -0.25) is 0 Å². The van der Waals surface area contributed by atoms with Crippen LogP contribution in [0, 0.1) is 22.2 Å². The number of hydrogen-bond donors (Lipinski definition) is 0. The Kier molecular flexibility index (Phi) is 1.67. The highest BCUT2D eigenvalue weighted by Crippen LogP contribution is 2.80. The minimum absolute atomic E-state index is 0.584. The first-order chi connectivity index (χ1) is 6.93. The summed E-state index contributed by atoms with van der Waals surface area (Å²) in [7, 11) is 0. The lowest BCUT2D eigenvalue weighted by Gasteiger charge is -2.54. The maximum Gasteiger partial charge on any atom is -0.0118 e. The Morgan fingerprint density at radius 3 is 2.67 bits per heavy atom. The van der Waals surface area contributed by atoms with Gasteiger partial charge in [0.1, 0.15) is 0 Å². The maximum absolute atomic E-state index is 2.57. The van der Waals surface area contributed by atoms with Gasteiger partial charge in [0.05, 0.1) is 0 Å². The average molecular weight is 204 g/mol. The summed E-state index contributed by atoms with van der Waals surface area (Å²) in [6, 6.07) is 0. The van der Waals surface area contributed by atoms with E-state index in [1.165, 1.54) is 32.1 Å². The van der Waals surface area contributed by atoms with Crippen LogP contribution in [-0.2, 0) is 0 Å². The lowest BCUT2D eigenvalue weighted by atomic mass is 9.50. The van der Waals surface area contributed by atoms with E-state index in [0.717, 1.165) is 5.92 Å². The van der Waals surface area contributed by atoms with Gasteiger partial charge in [-0.05, 0) is 54.8 Å². The molecule has 0 aromatic carbocycles. The lowest BCUT2D eigenvalue weighted by molar-refractivity contribution is -0.0346. The molecule has 84 valence electrons. The normalized spacial score (nSPS) is 51.5. The van der Waals surface area contributed by atoms with Crippen molar-refractivity contribution in [3.63, 3.8) is 0 Å². The molecule has 1 unspecified atom stereocenters. The van der Waals surface area contributed by atoms with Gasteiger partial charge in [-0.25, -0.2) is 0 Å². The minimum atomic E-state index is 0.584. The molecule has 0 N–H and O–H groups in total. The highest BCUT2D eigenvalue weighted by molar-refractivity contribution is 5.33. The second-order valence-electron chi connectivity index (χ2n) is 7.18. The zero-order valence-corrected chi connectivity index (χ0v) is 10.7. The first-order valence-electron chi connectivity index (χ1n) is 6.60. The Balaban J connectivity index is 2.10. The summed E-state index contributed by atoms with van der Waals surface area (Å²) in [6.07, 6.45) is 9.74. The molecule has 3 aliphatic rings. The summed E-state index contributed by atoms with van der Waals surface area (Å²) < 4.78 is 0. The lowest BCUT2D eigenvalue weighted by Crippen LogP contribution is -2.46. The van der Waals surface area contributed by atoms with Crippen LogP contribution in [0.2, 0.25) is 0 Å². The van der Waals surface area contributed by atoms with Crippen molar-refractivity contribution in [2.75, 3.05) is 0 Å². The van der Waals surface area contributed by atoms with Gasteiger partial charge in [0, 0.05) is 0 Å². The first-order valence-corrected chi connectivity index (χ1v) is 6.60. The van der Waals surface area contributed by atoms with Crippen molar-refractivity contribution in [1.82, 2.24) is 0 Å². The van der Waals surface area contributed by atoms with E-state index < -0.39 is 0 Å². The summed E-state index contributed by atoms with van der Waals surface area (Å²) >= 11 is 0. The van der Waals surface area contributed by atoms with Crippen LogP contribution in [-0.4, -0.2) is 0 Å². The second-order valence-corrected chi connectivity index (χ2v) is 7.18. The number of rotatable bonds is 0. The van der Waals surface area contributed by atoms with E-state index in [9.17, 15) is 0 Å². The average Bonchev–Trinajstić information content (AvgIpc) is 2.88. The Hall–Kier alpha value is -0.260. The van der Waals surface area contributed by atoms with E-state index >= 15 is 0 Å². The zero-order chi connectivity index (χ0) is 10.9. The molecule has 0 aromatic heterocycles. The summed E-state index contributed by atoms with van der Waals surface area (Å²) in [4.78, 5) is 0. The fraction of sp³-hybridized carbons (Fsp3) is 0.867. The molecule has 0 aromatic rings. The molecule has 0 bridgehead atoms. The highest BCUT2D eigenvalue weighted by Gasteiger charge is 2.72. The van der Waals surface area contributed by atoms with Crippen LogP contribution < -0.4 is 0 Å². The molecule has 0 heterocycles. The Bertz CT molecular complexity index is 336. The molecule has 3 aliphatic carbocycles. The van der Waals surface area contributed by atoms with Gasteiger partial charge in [0.25, 0.3) is 0 Å². The molecule has 0 nitrogen and oxygen atoms in total. The van der Waals surface area contributed by atoms with Crippen molar-refractivity contribution in [2.45, 2.75) is 59.8 Å². The minimum Gasteiger partial charge on any atom is -0.0847 e. The molecule has 0 saturated heterocycles. The van der Waals surface area contributed by atoms with E-state index in [2.05, 4.69) is 33.8 Å². The molecule has 3 atom stereocenters. The van der Waals surface area contributed by atoms with Crippen LogP contribution in [0.4, 0.5) is 0 Å². The van der Waals surface area contributed by atoms with E-state index in [-0.39, 0.29) is 0 Å². The van der Waals surface area contributed by atoms with E-state index in [4.69, 9.17) is 0 Å². The second kappa shape index (κ2) is 2.52. The number of hydrogen-bond acceptors (Lipinski definition) is 0. The third-order valence-corrected chi connectivity index (χ3v) is 6.20. The molecule has 0 aliphatic heterocycles. The molecule has 3 rings (SSSR count). The van der Waals surface area contributed by atoms with Gasteiger partial charge in [-0.1, -0.05) is 38.8 Å². The van der Waals surface area contributed by atoms with Crippen LogP contribution in [0.1, 0.15) is 59.8 Å². The first kappa shape index (κ1) is 9.93. The predicted molar refractivity (Wildman–Crippen MR) is 64.7 cm³/mol. The third-order valence-electron chi connectivity index (χ3n) is 6.20. The summed E-state index contributed by atoms with van der Waals surface area (Å²) in [6.45, 7) is 9.99. The Morgan fingerprint density at radius 1 is 1.20 bits per heavy atom. The van der Waals surface area contributed by atoms with E-state index in [1.807, 2.05) is 0 Å². The molecular weight excluding hydrogens is 180 g/mol. The monoisotopic (exact) mass is 204 g/mol. The quantitative estimate of drug-likeness (QED) is 0.507. The Labute approximate surface area is 94.1 Å². The van der Waals surface area contributed by atoms with Crippen LogP contribution in [0.3, 0.4) is 0 Å². The van der Waals surface area contributed by atoms with Crippen molar-refractivity contribution in [3.05, 3.63) is 11.6 Å². The fourth-order valence-electron chi connectivity index (χ4n) is 5.22. The van der Waals surface area contributed by atoms with Crippen LogP contribution in [0.25, 0.3) is 0 Å². The molecule has 0 radical (unpaired) electrons. The van der Waals surface area contributed by atoms with E-state index in [0.29, 0.717) is 16.2 Å². The van der Waals surface area contributed by atoms with Gasteiger partial charge in [0.2, 0.25) is 0 Å². The molecule has 0 amide bonds. The summed E-state index contributed by atoms with van der Waals surface area (Å²) in [5.74, 6) is 0.937. The topological polar surface area (TPSA) is 0 Å². The van der Waals surface area contributed by atoms with Crippen molar-refractivity contribution >= 4 is 0 Å². The molecule has 1 spiro atoms. The van der Waals surface area contributed by atoms with Crippen molar-refractivity contribution < 1.29 is 0 Å². The van der Waals surface area contributed by atoms with Gasteiger partial charge >= 0.3 is 0 Å². The molecule has 0 heteroatoms. The molecular formula is C15H24. The van der Waals surface area contributed by atoms with Crippen LogP contribution in [0.5, 0.6) is 0 Å². The van der Waals surface area contributed by atoms with Gasteiger partial charge in [-0.15, -0.1) is 0 Å². The largest absolute Gasteiger partial charge is 0.0847 e. The van der Waals surface area contributed by atoms with Crippen molar-refractivity contribution in [2.24, 2.45) is 22.2 Å². The maximum atomic E-state index is 2.57. The smallest absolute Gasteiger partial charge is 0.0118 e. The standard InChI is InChI=1S/C15H24/c1-11-6-9-14(4)8-5-7-13(2,3)15(14)10-12(11)15/h6,12H,5,7-10H2,1-4H3/t12?,14-,15-/m0/s1. The molecule has 2 fully saturated rings. The SMILES string of the molecule is CC1=CC[C@]2(C)CCCC(C)(C)[C@@]23CC13. The van der Waals surface area contributed by atoms with Crippen molar-refractivity contribution in [3.8, 4) is 0 Å². The fourth-order valence-corrected chi connectivity index (χ4v) is 5.22. The number of allylic oxidation sites excluding steroid dienone is 2. The Morgan fingerprint density at radius 2 is 1.93 bits per heavy atom. The summed E-state index contributed by atoms with van der Waals surface area (Å²) in [5, 5.41) is 0. The highest BCUT2D eigenvalue weighted by atomic mass is 14.8. The van der Waals surface area contributed by atoms with Crippen LogP contribution >= 0.6 is 0 Å². The molecule has 2 saturated carbocycles. The van der Waals surface area contributed by atoms with Gasteiger partial charge in [0.15, 0.2) is 0 Å². The summed E-state index contributed by atoms with van der Waals surface area (Å²) in [5.41, 5.74) is 3.58. The molecule has 15 heavy (non-hydrogen) atoms. The zero-order valence-electron chi connectivity index (χ0n) is 10.7. The third kappa shape index (κ3) is 0.946.